The van der Waals surface area contributed by atoms with E-state index >= 15 is 0 Å². The van der Waals surface area contributed by atoms with Crippen molar-refractivity contribution in [3.05, 3.63) is 52.2 Å². The maximum atomic E-state index is 12.8. The molecule has 2 aromatic rings. The number of halogens is 3. The Labute approximate surface area is 153 Å². The summed E-state index contributed by atoms with van der Waals surface area (Å²) in [5.74, 6) is -0.532. The number of carbonyl (C=O) groups is 1. The Morgan fingerprint density at radius 3 is 2.54 bits per heavy atom. The topological polar surface area (TPSA) is 66.5 Å². The summed E-state index contributed by atoms with van der Waals surface area (Å²) in [6.07, 6.45) is -4.65. The molecule has 0 saturated carbocycles. The van der Waals surface area contributed by atoms with E-state index in [1.807, 2.05) is 17.5 Å². The van der Waals surface area contributed by atoms with Crippen LogP contribution in [-0.2, 0) is 27.5 Å². The van der Waals surface area contributed by atoms with E-state index in [4.69, 9.17) is 0 Å². The summed E-state index contributed by atoms with van der Waals surface area (Å²) in [6.45, 7) is 1.25. The van der Waals surface area contributed by atoms with Gasteiger partial charge in [-0.3, -0.25) is 4.79 Å². The Bertz CT molecular complexity index is 850. The molecule has 1 amide bonds. The highest BCUT2D eigenvalue weighted by atomic mass is 32.2. The number of likely N-dealkylation sites (N-methyl/N-ethyl adjacent to an activating group) is 1. The standard InChI is InChI=1S/C16H17F3N2O3S2/c1-2-21(11-15(22)20-10-13-6-4-8-25-13)26(23,24)14-7-3-5-12(9-14)16(17,18)19/h3-9H,2,10-11H2,1H3,(H,20,22). The van der Waals surface area contributed by atoms with Gasteiger partial charge in [-0.1, -0.05) is 19.1 Å². The minimum absolute atomic E-state index is 0.0506. The van der Waals surface area contributed by atoms with Crippen molar-refractivity contribution in [1.29, 1.82) is 0 Å². The van der Waals surface area contributed by atoms with E-state index in [1.165, 1.54) is 18.3 Å². The van der Waals surface area contributed by atoms with E-state index in [9.17, 15) is 26.4 Å². The van der Waals surface area contributed by atoms with Gasteiger partial charge in [0.05, 0.1) is 23.5 Å². The molecule has 0 unspecified atom stereocenters. The highest BCUT2D eigenvalue weighted by Gasteiger charge is 2.33. The zero-order chi connectivity index (χ0) is 19.4. The van der Waals surface area contributed by atoms with Crippen LogP contribution in [0.4, 0.5) is 13.2 Å². The number of rotatable bonds is 7. The maximum absolute atomic E-state index is 12.8. The molecule has 26 heavy (non-hydrogen) atoms. The molecule has 0 aliphatic rings. The maximum Gasteiger partial charge on any atom is 0.416 e. The first-order chi connectivity index (χ1) is 12.1. The van der Waals surface area contributed by atoms with Gasteiger partial charge in [0.25, 0.3) is 0 Å². The van der Waals surface area contributed by atoms with Crippen LogP contribution in [0.5, 0.6) is 0 Å². The lowest BCUT2D eigenvalue weighted by Crippen LogP contribution is -2.40. The van der Waals surface area contributed by atoms with Crippen LogP contribution >= 0.6 is 11.3 Å². The second kappa shape index (κ2) is 8.19. The SMILES string of the molecule is CCN(CC(=O)NCc1cccs1)S(=O)(=O)c1cccc(C(F)(F)F)c1. The van der Waals surface area contributed by atoms with Gasteiger partial charge in [0.2, 0.25) is 15.9 Å². The first-order valence-electron chi connectivity index (χ1n) is 7.61. The summed E-state index contributed by atoms with van der Waals surface area (Å²) in [6, 6.07) is 7.12. The van der Waals surface area contributed by atoms with Crippen LogP contribution in [0.1, 0.15) is 17.4 Å². The van der Waals surface area contributed by atoms with Crippen molar-refractivity contribution in [1.82, 2.24) is 9.62 Å². The van der Waals surface area contributed by atoms with E-state index in [0.29, 0.717) is 6.07 Å². The third-order valence-corrected chi connectivity index (χ3v) is 6.30. The molecule has 0 spiro atoms. The number of hydrogen-bond donors (Lipinski definition) is 1. The molecule has 1 aromatic carbocycles. The molecule has 0 saturated heterocycles. The third kappa shape index (κ3) is 5.05. The van der Waals surface area contributed by atoms with Crippen molar-refractivity contribution >= 4 is 27.3 Å². The second-order valence-electron chi connectivity index (χ2n) is 5.31. The summed E-state index contributed by atoms with van der Waals surface area (Å²) in [5.41, 5.74) is -1.06. The Balaban J connectivity index is 2.13. The Morgan fingerprint density at radius 2 is 1.96 bits per heavy atom. The molecule has 0 aliphatic heterocycles. The van der Waals surface area contributed by atoms with Crippen molar-refractivity contribution in [3.63, 3.8) is 0 Å². The molecule has 0 bridgehead atoms. The van der Waals surface area contributed by atoms with Gasteiger partial charge in [0.1, 0.15) is 0 Å². The van der Waals surface area contributed by atoms with Gasteiger partial charge < -0.3 is 5.32 Å². The normalized spacial score (nSPS) is 12.3. The average molecular weight is 406 g/mol. The van der Waals surface area contributed by atoms with Gasteiger partial charge in [0.15, 0.2) is 0 Å². The summed E-state index contributed by atoms with van der Waals surface area (Å²) in [7, 11) is -4.23. The second-order valence-corrected chi connectivity index (χ2v) is 8.28. The minimum Gasteiger partial charge on any atom is -0.350 e. The van der Waals surface area contributed by atoms with Crippen LogP contribution in [0.15, 0.2) is 46.7 Å². The molecule has 142 valence electrons. The molecule has 0 atom stereocenters. The number of hydrogen-bond acceptors (Lipinski definition) is 4. The van der Waals surface area contributed by atoms with Gasteiger partial charge in [-0.25, -0.2) is 8.42 Å². The van der Waals surface area contributed by atoms with E-state index in [0.717, 1.165) is 27.4 Å². The predicted octanol–water partition coefficient (Wildman–Crippen LogP) is 3.09. The lowest BCUT2D eigenvalue weighted by molar-refractivity contribution is -0.137. The van der Waals surface area contributed by atoms with Crippen LogP contribution in [-0.4, -0.2) is 31.7 Å². The zero-order valence-electron chi connectivity index (χ0n) is 13.8. The number of nitrogens with one attached hydrogen (secondary N) is 1. The van der Waals surface area contributed by atoms with Crippen molar-refractivity contribution in [3.8, 4) is 0 Å². The van der Waals surface area contributed by atoms with Gasteiger partial charge in [-0.2, -0.15) is 17.5 Å². The van der Waals surface area contributed by atoms with Crippen molar-refractivity contribution < 1.29 is 26.4 Å². The fraction of sp³-hybridized carbons (Fsp3) is 0.312. The molecule has 1 heterocycles. The molecule has 1 N–H and O–H groups in total. The summed E-state index contributed by atoms with van der Waals surface area (Å²) >= 11 is 1.44. The molecule has 0 aliphatic carbocycles. The molecule has 0 fully saturated rings. The molecule has 2 rings (SSSR count). The summed E-state index contributed by atoms with van der Waals surface area (Å²) < 4.78 is 64.5. The van der Waals surface area contributed by atoms with Crippen LogP contribution in [0.25, 0.3) is 0 Å². The predicted molar refractivity (Wildman–Crippen MR) is 92.0 cm³/mol. The van der Waals surface area contributed by atoms with E-state index < -0.39 is 39.1 Å². The molecule has 0 radical (unpaired) electrons. The van der Waals surface area contributed by atoms with Crippen LogP contribution < -0.4 is 5.32 Å². The smallest absolute Gasteiger partial charge is 0.350 e. The molecular formula is C16H17F3N2O3S2. The fourth-order valence-corrected chi connectivity index (χ4v) is 4.26. The summed E-state index contributed by atoms with van der Waals surface area (Å²) in [5, 5.41) is 4.44. The Kier molecular flexibility index (Phi) is 6.43. The molecular weight excluding hydrogens is 389 g/mol. The van der Waals surface area contributed by atoms with E-state index in [-0.39, 0.29) is 13.1 Å². The van der Waals surface area contributed by atoms with Crippen LogP contribution in [0.3, 0.4) is 0 Å². The van der Waals surface area contributed by atoms with Crippen LogP contribution in [0.2, 0.25) is 0 Å². The number of amides is 1. The first-order valence-corrected chi connectivity index (χ1v) is 9.93. The third-order valence-electron chi connectivity index (χ3n) is 3.51. The van der Waals surface area contributed by atoms with Crippen molar-refractivity contribution in [2.75, 3.05) is 13.1 Å². The van der Waals surface area contributed by atoms with Crippen molar-refractivity contribution in [2.45, 2.75) is 24.5 Å². The summed E-state index contributed by atoms with van der Waals surface area (Å²) in [4.78, 5) is 12.4. The minimum atomic E-state index is -4.65. The fourth-order valence-electron chi connectivity index (χ4n) is 2.16. The monoisotopic (exact) mass is 406 g/mol. The quantitative estimate of drug-likeness (QED) is 0.769. The first kappa shape index (κ1) is 20.4. The van der Waals surface area contributed by atoms with E-state index in [2.05, 4.69) is 5.32 Å². The lowest BCUT2D eigenvalue weighted by atomic mass is 10.2. The van der Waals surface area contributed by atoms with E-state index in [1.54, 1.807) is 0 Å². The zero-order valence-corrected chi connectivity index (χ0v) is 15.4. The molecule has 10 heteroatoms. The number of thiophene rings is 1. The number of carbonyl (C=O) groups excluding carboxylic acids is 1. The highest BCUT2D eigenvalue weighted by molar-refractivity contribution is 7.89. The lowest BCUT2D eigenvalue weighted by Gasteiger charge is -2.20. The highest BCUT2D eigenvalue weighted by Crippen LogP contribution is 2.31. The van der Waals surface area contributed by atoms with Crippen molar-refractivity contribution in [2.24, 2.45) is 0 Å². The van der Waals surface area contributed by atoms with Gasteiger partial charge >= 0.3 is 6.18 Å². The van der Waals surface area contributed by atoms with Gasteiger partial charge in [-0.05, 0) is 29.6 Å². The van der Waals surface area contributed by atoms with Gasteiger partial charge in [0, 0.05) is 11.4 Å². The number of sulfonamides is 1. The average Bonchev–Trinajstić information content (AvgIpc) is 3.10. The Morgan fingerprint density at radius 1 is 1.23 bits per heavy atom. The molecule has 1 aromatic heterocycles. The molecule has 5 nitrogen and oxygen atoms in total. The van der Waals surface area contributed by atoms with Gasteiger partial charge in [-0.15, -0.1) is 11.3 Å². The number of alkyl halides is 3. The number of benzene rings is 1. The van der Waals surface area contributed by atoms with Crippen LogP contribution in [0, 0.1) is 0 Å². The largest absolute Gasteiger partial charge is 0.416 e. The Hall–Kier alpha value is -1.91. The number of nitrogens with zero attached hydrogens (tertiary/aromatic N) is 1.